The van der Waals surface area contributed by atoms with E-state index in [4.69, 9.17) is 14.2 Å². The first-order valence-corrected chi connectivity index (χ1v) is 30.2. The van der Waals surface area contributed by atoms with Crippen LogP contribution >= 0.6 is 0 Å². The fourth-order valence-electron chi connectivity index (χ4n) is 18.2. The van der Waals surface area contributed by atoms with Crippen LogP contribution in [0.15, 0.2) is 23.3 Å². The number of carbonyl (C=O) groups is 2. The van der Waals surface area contributed by atoms with Crippen LogP contribution in [0.5, 0.6) is 0 Å². The van der Waals surface area contributed by atoms with E-state index < -0.39 is 80.1 Å². The molecule has 0 radical (unpaired) electrons. The van der Waals surface area contributed by atoms with Gasteiger partial charge in [0.1, 0.15) is 0 Å². The number of aliphatic hydroxyl groups is 9. The Morgan fingerprint density at radius 1 is 0.623 bits per heavy atom. The minimum atomic E-state index is -1.43. The van der Waals surface area contributed by atoms with Gasteiger partial charge in [-0.15, -0.1) is 0 Å². The summed E-state index contributed by atoms with van der Waals surface area (Å²) in [7, 11) is 0. The molecule has 9 aliphatic rings. The van der Waals surface area contributed by atoms with Crippen molar-refractivity contribution in [2.45, 2.75) is 295 Å². The predicted octanol–water partition coefficient (Wildman–Crippen LogP) is 8.36. The SMILES string of the molecule is CC.CC(C)(O)CC[C@@H](O)[C@](C)(O)C1CC[C@@]2(O)C3=CC(=O)C4C[C@H]5OC(C)(C)O[C@H]5CC4(C)C3CCC12C.CCCCO[C@H](CCC(C)(C)O)[C@](C)(O)C1CC[C@@]2(O)C3=CC(=O)C4C[C@@H](O)[C@@H](O)CC4(C)C3CCC12C. The Morgan fingerprint density at radius 2 is 1.08 bits per heavy atom. The highest BCUT2D eigenvalue weighted by Gasteiger charge is 2.71. The Kier molecular flexibility index (Phi) is 17.6. The number of hydrogen-bond acceptors (Lipinski definition) is 14. The van der Waals surface area contributed by atoms with Crippen molar-refractivity contribution >= 4 is 11.6 Å². The van der Waals surface area contributed by atoms with Gasteiger partial charge < -0.3 is 60.2 Å². The van der Waals surface area contributed by atoms with Crippen molar-refractivity contribution in [3.63, 3.8) is 0 Å². The van der Waals surface area contributed by atoms with E-state index in [9.17, 15) is 55.5 Å². The molecule has 77 heavy (non-hydrogen) atoms. The predicted molar refractivity (Wildman–Crippen MR) is 295 cm³/mol. The van der Waals surface area contributed by atoms with Crippen LogP contribution in [0.1, 0.15) is 219 Å². The Hall–Kier alpha value is -1.66. The summed E-state index contributed by atoms with van der Waals surface area (Å²) in [6.45, 7) is 29.3. The Balaban J connectivity index is 0.000000217. The van der Waals surface area contributed by atoms with Crippen molar-refractivity contribution in [1.82, 2.24) is 0 Å². The molecule has 1 saturated heterocycles. The van der Waals surface area contributed by atoms with Gasteiger partial charge in [-0.05, 0) is 222 Å². The standard InChI is InChI=1S/C31H52O7.C30H48O7.C2H6/c1-7-8-15-38-26(11-12-27(2,3)35)30(6,36)25-10-14-31(37)20-16-22(32)21-17-23(33)24(34)18-28(21,4)19(20)9-13-29(25,31)5;1-25(2,33)11-10-24(32)29(7,34)23-9-13-30(35)18-14-20(31)19-15-21-22(37-26(3,4)36-21)16-27(19,5)17(18)8-12-28(23,30)6;1-2/h16,19,21,23-26,33-37H,7-15,17-18H2,1-6H3;14,17,19,21-24,32-35H,8-13,15-16H2,1-7H3;1-2H3/t19?,21?,23-,24+,25?,26-,28?,29?,30-,31-;17?,19?,21-,22+,23?,24-,27?,28?,29-,30-;/m11./s1. The second-order valence-corrected chi connectivity index (χ2v) is 29.2. The summed E-state index contributed by atoms with van der Waals surface area (Å²) in [5, 5.41) is 101. The second kappa shape index (κ2) is 21.5. The van der Waals surface area contributed by atoms with Gasteiger partial charge in [0, 0.05) is 29.3 Å². The summed E-state index contributed by atoms with van der Waals surface area (Å²) < 4.78 is 18.7. The highest BCUT2D eigenvalue weighted by atomic mass is 16.8. The summed E-state index contributed by atoms with van der Waals surface area (Å²) >= 11 is 0. The first-order chi connectivity index (χ1) is 35.4. The zero-order valence-corrected chi connectivity index (χ0v) is 50.1. The summed E-state index contributed by atoms with van der Waals surface area (Å²) in [6, 6.07) is 0. The average Bonchev–Trinajstić information content (AvgIpc) is 3.93. The van der Waals surface area contributed by atoms with Crippen molar-refractivity contribution in [1.29, 1.82) is 0 Å². The molecule has 442 valence electrons. The molecular weight excluding hydrogens is 981 g/mol. The lowest BCUT2D eigenvalue weighted by Crippen LogP contribution is -2.63. The number of aliphatic hydroxyl groups excluding tert-OH is 3. The van der Waals surface area contributed by atoms with Gasteiger partial charge in [-0.3, -0.25) is 9.59 Å². The first kappa shape index (κ1) is 62.9. The molecule has 0 aromatic rings. The minimum Gasteiger partial charge on any atom is -0.390 e. The summed E-state index contributed by atoms with van der Waals surface area (Å²) in [5.74, 6) is -1.76. The van der Waals surface area contributed by atoms with Gasteiger partial charge in [-0.2, -0.15) is 0 Å². The van der Waals surface area contributed by atoms with Crippen LogP contribution in [-0.4, -0.2) is 140 Å². The smallest absolute Gasteiger partial charge is 0.163 e. The van der Waals surface area contributed by atoms with E-state index in [-0.39, 0.29) is 77.5 Å². The monoisotopic (exact) mass is 1090 g/mol. The highest BCUT2D eigenvalue weighted by Crippen LogP contribution is 2.71. The molecule has 1 heterocycles. The van der Waals surface area contributed by atoms with Gasteiger partial charge in [0.15, 0.2) is 17.4 Å². The molecule has 14 nitrogen and oxygen atoms in total. The van der Waals surface area contributed by atoms with E-state index in [1.165, 1.54) is 0 Å². The van der Waals surface area contributed by atoms with Crippen molar-refractivity contribution < 1.29 is 69.8 Å². The number of carbonyl (C=O) groups excluding carboxylic acids is 2. The van der Waals surface area contributed by atoms with Crippen molar-refractivity contribution in [3.05, 3.63) is 23.3 Å². The number of fused-ring (bicyclic) bond motifs is 11. The molecule has 9 rings (SSSR count). The number of hydrogen-bond donors (Lipinski definition) is 9. The highest BCUT2D eigenvalue weighted by molar-refractivity contribution is 5.95. The zero-order chi connectivity index (χ0) is 57.7. The van der Waals surface area contributed by atoms with E-state index in [0.29, 0.717) is 77.2 Å². The summed E-state index contributed by atoms with van der Waals surface area (Å²) in [5.41, 5.74) is -7.51. The van der Waals surface area contributed by atoms with Crippen LogP contribution in [0.25, 0.3) is 0 Å². The van der Waals surface area contributed by atoms with E-state index in [1.54, 1.807) is 46.8 Å². The van der Waals surface area contributed by atoms with E-state index >= 15 is 0 Å². The lowest BCUT2D eigenvalue weighted by atomic mass is 9.45. The third kappa shape index (κ3) is 10.9. The van der Waals surface area contributed by atoms with E-state index in [2.05, 4.69) is 20.8 Å². The number of allylic oxidation sites excluding steroid dienone is 2. The zero-order valence-electron chi connectivity index (χ0n) is 50.1. The lowest BCUT2D eigenvalue weighted by Gasteiger charge is -2.60. The molecule has 0 aromatic carbocycles. The quantitative estimate of drug-likeness (QED) is 0.0743. The lowest BCUT2D eigenvalue weighted by molar-refractivity contribution is -0.187. The van der Waals surface area contributed by atoms with Gasteiger partial charge in [0.25, 0.3) is 0 Å². The van der Waals surface area contributed by atoms with Crippen LogP contribution in [0.3, 0.4) is 0 Å². The molecule has 20 atom stereocenters. The molecule has 7 fully saturated rings. The maximum atomic E-state index is 13.6. The number of rotatable bonds is 14. The Bertz CT molecular complexity index is 2210. The van der Waals surface area contributed by atoms with Crippen molar-refractivity contribution in [2.24, 2.45) is 57.2 Å². The van der Waals surface area contributed by atoms with Crippen LogP contribution in [-0.2, 0) is 23.8 Å². The van der Waals surface area contributed by atoms with Gasteiger partial charge in [0.05, 0.1) is 70.2 Å². The topological polar surface area (TPSA) is 244 Å². The molecule has 0 amide bonds. The third-order valence-corrected chi connectivity index (χ3v) is 22.7. The molecule has 9 N–H and O–H groups in total. The third-order valence-electron chi connectivity index (χ3n) is 22.7. The van der Waals surface area contributed by atoms with E-state index in [1.807, 2.05) is 48.5 Å². The van der Waals surface area contributed by atoms with Gasteiger partial charge in [-0.1, -0.05) is 54.9 Å². The number of ketones is 2. The van der Waals surface area contributed by atoms with Gasteiger partial charge >= 0.3 is 0 Å². The van der Waals surface area contributed by atoms with Gasteiger partial charge in [0.2, 0.25) is 0 Å². The fraction of sp³-hybridized carbons (Fsp3) is 0.905. The number of ether oxygens (including phenoxy) is 3. The Morgan fingerprint density at radius 3 is 1.57 bits per heavy atom. The van der Waals surface area contributed by atoms with Crippen LogP contribution in [0, 0.1) is 57.2 Å². The van der Waals surface area contributed by atoms with Crippen molar-refractivity contribution in [3.8, 4) is 0 Å². The summed E-state index contributed by atoms with van der Waals surface area (Å²) in [4.78, 5) is 27.1. The minimum absolute atomic E-state index is 0.0547. The number of unbranched alkanes of at least 4 members (excludes halogenated alkanes) is 1. The Labute approximate surface area is 462 Å². The van der Waals surface area contributed by atoms with Crippen LogP contribution in [0.2, 0.25) is 0 Å². The maximum absolute atomic E-state index is 13.6. The fourth-order valence-corrected chi connectivity index (χ4v) is 18.2. The second-order valence-electron chi connectivity index (χ2n) is 29.2. The largest absolute Gasteiger partial charge is 0.390 e. The normalized spacial score (nSPS) is 44.3. The molecule has 8 aliphatic carbocycles. The maximum Gasteiger partial charge on any atom is 0.163 e. The molecule has 0 aromatic heterocycles. The molecule has 14 heteroatoms. The average molecular weight is 1090 g/mol. The molecule has 10 unspecified atom stereocenters. The molecule has 6 saturated carbocycles. The van der Waals surface area contributed by atoms with Crippen LogP contribution < -0.4 is 0 Å². The van der Waals surface area contributed by atoms with Crippen LogP contribution in [0.4, 0.5) is 0 Å². The molecule has 0 spiro atoms. The summed E-state index contributed by atoms with van der Waals surface area (Å²) in [6.07, 6.45) is 10.5. The molecular formula is C63H106O14. The molecule has 0 bridgehead atoms. The van der Waals surface area contributed by atoms with Gasteiger partial charge in [-0.25, -0.2) is 0 Å². The molecule has 1 aliphatic heterocycles. The first-order valence-electron chi connectivity index (χ1n) is 30.2. The van der Waals surface area contributed by atoms with Crippen molar-refractivity contribution in [2.75, 3.05) is 6.61 Å². The van der Waals surface area contributed by atoms with E-state index in [0.717, 1.165) is 43.3 Å².